The Kier molecular flexibility index (Phi) is 3.34. The Bertz CT molecular complexity index is 627. The van der Waals surface area contributed by atoms with E-state index in [0.29, 0.717) is 5.39 Å². The zero-order chi connectivity index (χ0) is 12.3. The van der Waals surface area contributed by atoms with Gasteiger partial charge in [-0.3, -0.25) is 9.59 Å². The standard InChI is InChI=1S/C11H10N2O3S/c1-2-13-4-3-10(15)9-5-8(17-11(9)13)6-12-16-7-14/h3-7H,2H2,1H3. The lowest BCUT2D eigenvalue weighted by Crippen LogP contribution is -2.04. The molecule has 0 aliphatic carbocycles. The minimum atomic E-state index is -0.0168. The molecular weight excluding hydrogens is 240 g/mol. The van der Waals surface area contributed by atoms with E-state index in [1.54, 1.807) is 18.3 Å². The number of hydrogen-bond acceptors (Lipinski definition) is 5. The summed E-state index contributed by atoms with van der Waals surface area (Å²) in [5.74, 6) is 0. The van der Waals surface area contributed by atoms with Crippen LogP contribution in [0.15, 0.2) is 28.3 Å². The van der Waals surface area contributed by atoms with Gasteiger partial charge in [-0.2, -0.15) is 0 Å². The number of aryl methyl sites for hydroxylation is 1. The molecule has 0 spiro atoms. The molecule has 0 aromatic carbocycles. The molecule has 5 nitrogen and oxygen atoms in total. The molecule has 0 atom stereocenters. The lowest BCUT2D eigenvalue weighted by Gasteiger charge is -2.02. The second-order valence-corrected chi connectivity index (χ2v) is 4.33. The van der Waals surface area contributed by atoms with E-state index in [9.17, 15) is 9.59 Å². The first-order valence-electron chi connectivity index (χ1n) is 5.02. The number of carbonyl (C=O) groups is 1. The van der Waals surface area contributed by atoms with Crippen LogP contribution in [0.3, 0.4) is 0 Å². The summed E-state index contributed by atoms with van der Waals surface area (Å²) in [6, 6.07) is 3.29. The van der Waals surface area contributed by atoms with Gasteiger partial charge in [-0.1, -0.05) is 5.16 Å². The zero-order valence-electron chi connectivity index (χ0n) is 9.12. The SMILES string of the molecule is CCn1ccc(=O)c2cc(C=NOC=O)sc21. The number of hydrogen-bond donors (Lipinski definition) is 0. The fraction of sp³-hybridized carbons (Fsp3) is 0.182. The molecule has 6 heteroatoms. The van der Waals surface area contributed by atoms with E-state index >= 15 is 0 Å². The lowest BCUT2D eigenvalue weighted by atomic mass is 10.3. The number of thiophene rings is 1. The van der Waals surface area contributed by atoms with E-state index in [4.69, 9.17) is 0 Å². The van der Waals surface area contributed by atoms with Gasteiger partial charge in [0.15, 0.2) is 5.43 Å². The molecule has 0 N–H and O–H groups in total. The van der Waals surface area contributed by atoms with Crippen LogP contribution in [0.2, 0.25) is 0 Å². The van der Waals surface area contributed by atoms with Crippen molar-refractivity contribution in [1.82, 2.24) is 4.57 Å². The van der Waals surface area contributed by atoms with Gasteiger partial charge in [0.05, 0.1) is 16.5 Å². The maximum atomic E-state index is 11.7. The summed E-state index contributed by atoms with van der Waals surface area (Å²) in [6.45, 7) is 3.04. The topological polar surface area (TPSA) is 60.7 Å². The summed E-state index contributed by atoms with van der Waals surface area (Å²) in [7, 11) is 0. The summed E-state index contributed by atoms with van der Waals surface area (Å²) in [5.41, 5.74) is -0.0168. The Labute approximate surface area is 101 Å². The van der Waals surface area contributed by atoms with Gasteiger partial charge in [0.25, 0.3) is 0 Å². The summed E-state index contributed by atoms with van der Waals surface area (Å²) in [4.78, 5) is 27.5. The van der Waals surface area contributed by atoms with Gasteiger partial charge in [-0.25, -0.2) is 0 Å². The maximum absolute atomic E-state index is 11.7. The fourth-order valence-corrected chi connectivity index (χ4v) is 2.60. The van der Waals surface area contributed by atoms with Crippen molar-refractivity contribution in [1.29, 1.82) is 0 Å². The summed E-state index contributed by atoms with van der Waals surface area (Å²) in [5, 5.41) is 4.11. The third-order valence-corrected chi connectivity index (χ3v) is 3.39. The van der Waals surface area contributed by atoms with Crippen LogP contribution in [0.4, 0.5) is 0 Å². The smallest absolute Gasteiger partial charge is 0.323 e. The van der Waals surface area contributed by atoms with Crippen molar-refractivity contribution in [2.75, 3.05) is 0 Å². The van der Waals surface area contributed by atoms with Gasteiger partial charge in [0.1, 0.15) is 4.83 Å². The zero-order valence-corrected chi connectivity index (χ0v) is 9.94. The van der Waals surface area contributed by atoms with Gasteiger partial charge in [0, 0.05) is 18.8 Å². The van der Waals surface area contributed by atoms with Crippen molar-refractivity contribution < 1.29 is 9.63 Å². The molecule has 0 aliphatic rings. The molecule has 0 aliphatic heterocycles. The third kappa shape index (κ3) is 2.26. The highest BCUT2D eigenvalue weighted by Crippen LogP contribution is 2.21. The Hall–Kier alpha value is -1.95. The quantitative estimate of drug-likeness (QED) is 0.358. The molecule has 0 saturated carbocycles. The average Bonchev–Trinajstić information content (AvgIpc) is 2.75. The van der Waals surface area contributed by atoms with Crippen molar-refractivity contribution in [2.24, 2.45) is 5.16 Å². The summed E-state index contributed by atoms with van der Waals surface area (Å²) < 4.78 is 1.99. The maximum Gasteiger partial charge on any atom is 0.323 e. The van der Waals surface area contributed by atoms with E-state index < -0.39 is 0 Å². The Morgan fingerprint density at radius 1 is 1.59 bits per heavy atom. The van der Waals surface area contributed by atoms with E-state index in [1.807, 2.05) is 11.5 Å². The molecule has 17 heavy (non-hydrogen) atoms. The molecule has 0 saturated heterocycles. The first-order chi connectivity index (χ1) is 8.26. The number of aromatic nitrogens is 1. The molecular formula is C11H10N2O3S. The highest BCUT2D eigenvalue weighted by Gasteiger charge is 2.06. The molecule has 2 aromatic rings. The van der Waals surface area contributed by atoms with Crippen LogP contribution in [0.5, 0.6) is 0 Å². The number of carbonyl (C=O) groups excluding carboxylic acids is 1. The molecule has 0 radical (unpaired) electrons. The third-order valence-electron chi connectivity index (χ3n) is 2.29. The lowest BCUT2D eigenvalue weighted by molar-refractivity contribution is -0.128. The van der Waals surface area contributed by atoms with Crippen molar-refractivity contribution in [3.8, 4) is 0 Å². The largest absolute Gasteiger partial charge is 0.339 e. The van der Waals surface area contributed by atoms with E-state index in [0.717, 1.165) is 16.3 Å². The molecule has 88 valence electrons. The second kappa shape index (κ2) is 4.92. The van der Waals surface area contributed by atoms with Crippen LogP contribution in [0, 0.1) is 0 Å². The van der Waals surface area contributed by atoms with Crippen molar-refractivity contribution >= 4 is 34.2 Å². The average molecular weight is 250 g/mol. The van der Waals surface area contributed by atoms with E-state index in [2.05, 4.69) is 9.99 Å². The van der Waals surface area contributed by atoms with Crippen LogP contribution in [0.25, 0.3) is 10.2 Å². The van der Waals surface area contributed by atoms with Crippen molar-refractivity contribution in [2.45, 2.75) is 13.5 Å². The predicted molar refractivity (Wildman–Crippen MR) is 66.5 cm³/mol. The Balaban J connectivity index is 2.52. The molecule has 2 heterocycles. The summed E-state index contributed by atoms with van der Waals surface area (Å²) >= 11 is 1.43. The summed E-state index contributed by atoms with van der Waals surface area (Å²) in [6.07, 6.45) is 3.18. The van der Waals surface area contributed by atoms with Crippen LogP contribution in [0.1, 0.15) is 11.8 Å². The fourth-order valence-electron chi connectivity index (χ4n) is 1.52. The molecule has 0 fully saturated rings. The number of fused-ring (bicyclic) bond motifs is 1. The highest BCUT2D eigenvalue weighted by molar-refractivity contribution is 7.20. The molecule has 0 amide bonds. The number of rotatable bonds is 4. The minimum Gasteiger partial charge on any atom is -0.339 e. The van der Waals surface area contributed by atoms with Crippen LogP contribution >= 0.6 is 11.3 Å². The highest BCUT2D eigenvalue weighted by atomic mass is 32.1. The van der Waals surface area contributed by atoms with Crippen LogP contribution < -0.4 is 5.43 Å². The predicted octanol–water partition coefficient (Wildman–Crippen LogP) is 1.59. The Morgan fingerprint density at radius 2 is 2.41 bits per heavy atom. The van der Waals surface area contributed by atoms with Gasteiger partial charge in [0.2, 0.25) is 0 Å². The van der Waals surface area contributed by atoms with Gasteiger partial charge >= 0.3 is 6.47 Å². The normalized spacial score (nSPS) is 11.1. The first-order valence-corrected chi connectivity index (χ1v) is 5.83. The number of oxime groups is 1. The molecule has 2 aromatic heterocycles. The van der Waals surface area contributed by atoms with E-state index in [-0.39, 0.29) is 11.9 Å². The van der Waals surface area contributed by atoms with Gasteiger partial charge in [-0.05, 0) is 13.0 Å². The molecule has 0 unspecified atom stereocenters. The molecule has 2 rings (SSSR count). The van der Waals surface area contributed by atoms with Crippen LogP contribution in [-0.2, 0) is 16.2 Å². The van der Waals surface area contributed by atoms with Gasteiger partial charge < -0.3 is 9.40 Å². The van der Waals surface area contributed by atoms with E-state index in [1.165, 1.54) is 17.6 Å². The Morgan fingerprint density at radius 3 is 3.12 bits per heavy atom. The second-order valence-electron chi connectivity index (χ2n) is 3.27. The minimum absolute atomic E-state index is 0.0168. The monoisotopic (exact) mass is 250 g/mol. The van der Waals surface area contributed by atoms with Crippen molar-refractivity contribution in [3.63, 3.8) is 0 Å². The number of nitrogens with zero attached hydrogens (tertiary/aromatic N) is 2. The van der Waals surface area contributed by atoms with Gasteiger partial charge in [-0.15, -0.1) is 11.3 Å². The van der Waals surface area contributed by atoms with Crippen molar-refractivity contribution in [3.05, 3.63) is 33.4 Å². The molecule has 0 bridgehead atoms. The van der Waals surface area contributed by atoms with Crippen LogP contribution in [-0.4, -0.2) is 17.3 Å². The number of pyridine rings is 1. The first kappa shape index (κ1) is 11.5.